The molecule has 2 fully saturated rings. The molecule has 45 heavy (non-hydrogen) atoms. The number of hydrogen-bond donors (Lipinski definition) is 1. The summed E-state index contributed by atoms with van der Waals surface area (Å²) in [4.78, 5) is 28.6. The van der Waals surface area contributed by atoms with E-state index >= 15 is 0 Å². The predicted octanol–water partition coefficient (Wildman–Crippen LogP) is 5.85. The normalized spacial score (nSPS) is 16.5. The molecule has 0 radical (unpaired) electrons. The van der Waals surface area contributed by atoms with Crippen LogP contribution in [-0.4, -0.2) is 83.7 Å². The summed E-state index contributed by atoms with van der Waals surface area (Å²) in [5.74, 6) is -2.52. The number of aromatic carboxylic acids is 1. The second-order valence-electron chi connectivity index (χ2n) is 10.4. The molecule has 0 unspecified atom stereocenters. The van der Waals surface area contributed by atoms with Gasteiger partial charge in [0.1, 0.15) is 16.7 Å². The van der Waals surface area contributed by atoms with Gasteiger partial charge in [-0.25, -0.2) is 13.6 Å². The largest absolute Gasteiger partial charge is 0.492 e. The zero-order valence-corrected chi connectivity index (χ0v) is 26.0. The number of rotatable bonds is 13. The molecule has 5 rings (SSSR count). The molecule has 1 N–H and O–H groups in total. The van der Waals surface area contributed by atoms with E-state index in [4.69, 9.17) is 31.5 Å². The van der Waals surface area contributed by atoms with Crippen molar-refractivity contribution in [2.75, 3.05) is 52.6 Å². The van der Waals surface area contributed by atoms with Gasteiger partial charge in [0.05, 0.1) is 30.3 Å². The number of carboxylic acid groups (broad SMARTS) is 1. The first kappa shape index (κ1) is 32.7. The summed E-state index contributed by atoms with van der Waals surface area (Å²) in [5, 5.41) is 9.02. The Bertz CT molecular complexity index is 1580. The summed E-state index contributed by atoms with van der Waals surface area (Å²) in [6, 6.07) is 15.5. The van der Waals surface area contributed by atoms with Crippen molar-refractivity contribution in [1.82, 2.24) is 9.80 Å². The van der Waals surface area contributed by atoms with Gasteiger partial charge in [-0.3, -0.25) is 14.6 Å². The number of carbonyl (C=O) groups is 2. The summed E-state index contributed by atoms with van der Waals surface area (Å²) in [5.41, 5.74) is 2.82. The molecule has 3 aromatic rings. The number of hydrogen-bond acceptors (Lipinski definition) is 8. The molecule has 1 amide bonds. The molecule has 236 valence electrons. The fourth-order valence-corrected chi connectivity index (χ4v) is 6.15. The van der Waals surface area contributed by atoms with Gasteiger partial charge in [0, 0.05) is 38.3 Å². The van der Waals surface area contributed by atoms with E-state index in [9.17, 15) is 18.4 Å². The Labute approximate surface area is 269 Å². The smallest absolute Gasteiger partial charge is 0.335 e. The monoisotopic (exact) mass is 654 g/mol. The number of thioether (sulfide) groups is 1. The Morgan fingerprint density at radius 1 is 0.978 bits per heavy atom. The molecule has 0 spiro atoms. The number of thiocarbonyl (C=S) groups is 1. The van der Waals surface area contributed by atoms with Crippen LogP contribution in [0.2, 0.25) is 0 Å². The van der Waals surface area contributed by atoms with Crippen LogP contribution in [0.15, 0.2) is 65.6 Å². The van der Waals surface area contributed by atoms with Crippen LogP contribution in [0.4, 0.5) is 8.78 Å². The van der Waals surface area contributed by atoms with E-state index in [-0.39, 0.29) is 11.5 Å². The topological polar surface area (TPSA) is 88.5 Å². The molecule has 0 aromatic heterocycles. The van der Waals surface area contributed by atoms with Crippen molar-refractivity contribution in [3.05, 3.63) is 93.9 Å². The van der Waals surface area contributed by atoms with Crippen molar-refractivity contribution in [3.8, 4) is 16.9 Å². The molecular weight excluding hydrogens is 623 g/mol. The van der Waals surface area contributed by atoms with Crippen LogP contribution in [-0.2, 0) is 20.9 Å². The minimum absolute atomic E-state index is 0.212. The molecular formula is C33H32F2N2O6S2. The molecule has 8 nitrogen and oxygen atoms in total. The fraction of sp³-hybridized carbons (Fsp3) is 0.303. The van der Waals surface area contributed by atoms with Crippen LogP contribution < -0.4 is 4.74 Å². The van der Waals surface area contributed by atoms with Gasteiger partial charge in [0.15, 0.2) is 11.6 Å². The third-order valence-electron chi connectivity index (χ3n) is 7.33. The van der Waals surface area contributed by atoms with Crippen LogP contribution in [0.25, 0.3) is 17.2 Å². The van der Waals surface area contributed by atoms with E-state index in [2.05, 4.69) is 4.90 Å². The first-order valence-electron chi connectivity index (χ1n) is 14.5. The Kier molecular flexibility index (Phi) is 11.3. The van der Waals surface area contributed by atoms with Gasteiger partial charge in [0.25, 0.3) is 5.91 Å². The van der Waals surface area contributed by atoms with Crippen LogP contribution in [0, 0.1) is 11.6 Å². The maximum atomic E-state index is 14.0. The highest BCUT2D eigenvalue weighted by Gasteiger charge is 2.32. The van der Waals surface area contributed by atoms with Crippen molar-refractivity contribution in [3.63, 3.8) is 0 Å². The number of benzene rings is 3. The van der Waals surface area contributed by atoms with Gasteiger partial charge in [-0.05, 0) is 65.6 Å². The van der Waals surface area contributed by atoms with Gasteiger partial charge in [0.2, 0.25) is 0 Å². The maximum absolute atomic E-state index is 14.0. The Hall–Kier alpha value is -3.68. The third-order valence-corrected chi connectivity index (χ3v) is 8.71. The van der Waals surface area contributed by atoms with Crippen LogP contribution >= 0.6 is 24.0 Å². The molecule has 0 atom stereocenters. The van der Waals surface area contributed by atoms with Crippen molar-refractivity contribution in [2.45, 2.75) is 13.0 Å². The Morgan fingerprint density at radius 3 is 2.44 bits per heavy atom. The Morgan fingerprint density at radius 2 is 1.71 bits per heavy atom. The lowest BCUT2D eigenvalue weighted by molar-refractivity contribution is -0.122. The fourth-order valence-electron chi connectivity index (χ4n) is 4.85. The molecule has 12 heteroatoms. The molecule has 3 aromatic carbocycles. The van der Waals surface area contributed by atoms with Crippen molar-refractivity contribution >= 4 is 46.3 Å². The van der Waals surface area contributed by atoms with Gasteiger partial charge in [-0.15, -0.1) is 0 Å². The predicted molar refractivity (Wildman–Crippen MR) is 172 cm³/mol. The molecule has 0 saturated carbocycles. The number of halogens is 2. The van der Waals surface area contributed by atoms with E-state index < -0.39 is 17.6 Å². The highest BCUT2D eigenvalue weighted by atomic mass is 32.2. The number of morpholine rings is 1. The molecule has 2 aliphatic heterocycles. The second-order valence-corrected chi connectivity index (χ2v) is 12.1. The summed E-state index contributed by atoms with van der Waals surface area (Å²) in [6.07, 6.45) is 2.28. The van der Waals surface area contributed by atoms with Crippen LogP contribution in [0.5, 0.6) is 5.75 Å². The van der Waals surface area contributed by atoms with Gasteiger partial charge < -0.3 is 19.3 Å². The van der Waals surface area contributed by atoms with E-state index in [0.29, 0.717) is 84.2 Å². The lowest BCUT2D eigenvalue weighted by Crippen LogP contribution is -2.38. The first-order chi connectivity index (χ1) is 21.8. The number of carbonyl (C=O) groups excluding carboxylic acids is 1. The van der Waals surface area contributed by atoms with Crippen LogP contribution in [0.1, 0.15) is 27.9 Å². The van der Waals surface area contributed by atoms with Gasteiger partial charge >= 0.3 is 5.97 Å². The zero-order chi connectivity index (χ0) is 31.8. The van der Waals surface area contributed by atoms with Crippen LogP contribution in [0.3, 0.4) is 0 Å². The Balaban J connectivity index is 1.24. The summed E-state index contributed by atoms with van der Waals surface area (Å²) < 4.78 is 45.3. The zero-order valence-electron chi connectivity index (χ0n) is 24.4. The number of carboxylic acids is 1. The second kappa shape index (κ2) is 15.5. The number of amides is 1. The third kappa shape index (κ3) is 8.74. The SMILES string of the molecule is O=C(O)c1ccc(COCCCN2C(=O)C(=Cc3cc(-c4ccc(F)c(F)c4)ccc3OCCN3CCOCC3)SC2=S)cc1. The average molecular weight is 655 g/mol. The number of nitrogens with zero attached hydrogens (tertiary/aromatic N) is 2. The quantitative estimate of drug-likeness (QED) is 0.139. The lowest BCUT2D eigenvalue weighted by Gasteiger charge is -2.26. The molecule has 2 heterocycles. The molecule has 0 bridgehead atoms. The van der Waals surface area contributed by atoms with E-state index in [1.54, 1.807) is 36.4 Å². The minimum Gasteiger partial charge on any atom is -0.492 e. The minimum atomic E-state index is -0.983. The molecule has 0 aliphatic carbocycles. The van der Waals surface area contributed by atoms with E-state index in [0.717, 1.165) is 30.8 Å². The van der Waals surface area contributed by atoms with Crippen molar-refractivity contribution in [1.29, 1.82) is 0 Å². The van der Waals surface area contributed by atoms with Gasteiger partial charge in [-0.2, -0.15) is 0 Å². The lowest BCUT2D eigenvalue weighted by atomic mass is 10.0. The van der Waals surface area contributed by atoms with Gasteiger partial charge in [-0.1, -0.05) is 48.2 Å². The van der Waals surface area contributed by atoms with Crippen molar-refractivity contribution in [2.24, 2.45) is 0 Å². The average Bonchev–Trinajstić information content (AvgIpc) is 3.30. The number of ether oxygens (including phenoxy) is 3. The summed E-state index contributed by atoms with van der Waals surface area (Å²) in [6.45, 7) is 5.25. The standard InChI is InChI=1S/C33H32F2N2O6S2/c34-27-8-6-25(19-28(27)35)24-7-9-29(43-17-13-36-11-15-41-16-12-36)26(18-24)20-30-31(38)37(33(44)45-30)10-1-14-42-21-22-2-4-23(5-3-22)32(39)40/h2-9,18-20H,1,10-17,21H2,(H,39,40). The maximum Gasteiger partial charge on any atom is 0.335 e. The summed E-state index contributed by atoms with van der Waals surface area (Å²) in [7, 11) is 0. The van der Waals surface area contributed by atoms with E-state index in [1.807, 2.05) is 0 Å². The molecule has 2 saturated heterocycles. The summed E-state index contributed by atoms with van der Waals surface area (Å²) >= 11 is 6.71. The first-order valence-corrected chi connectivity index (χ1v) is 15.7. The van der Waals surface area contributed by atoms with Crippen molar-refractivity contribution < 1.29 is 37.7 Å². The molecule has 2 aliphatic rings. The van der Waals surface area contributed by atoms with E-state index in [1.165, 1.54) is 34.9 Å². The highest BCUT2D eigenvalue weighted by molar-refractivity contribution is 8.26. The highest BCUT2D eigenvalue weighted by Crippen LogP contribution is 2.36.